The Kier molecular flexibility index (Phi) is 4.22. The van der Waals surface area contributed by atoms with Crippen molar-refractivity contribution in [3.05, 3.63) is 22.7 Å². The average Bonchev–Trinajstić information content (AvgIpc) is 2.02. The number of hydrogen-bond acceptors (Lipinski definition) is 3. The number of aromatic nitrogens is 2. The summed E-state index contributed by atoms with van der Waals surface area (Å²) in [6, 6.07) is 1.55. The summed E-state index contributed by atoms with van der Waals surface area (Å²) in [5, 5.41) is 0.216. The highest BCUT2D eigenvalue weighted by atomic mass is 35.6. The Morgan fingerprint density at radius 2 is 2.00 bits per heavy atom. The summed E-state index contributed by atoms with van der Waals surface area (Å²) >= 11 is 22.5. The van der Waals surface area contributed by atoms with E-state index in [-0.39, 0.29) is 17.6 Å². The van der Waals surface area contributed by atoms with Crippen LogP contribution in [0.2, 0.25) is 5.15 Å². The highest BCUT2D eigenvalue weighted by molar-refractivity contribution is 6.66. The maximum absolute atomic E-state index is 5.71. The van der Waals surface area contributed by atoms with Crippen LogP contribution in [0.15, 0.2) is 6.07 Å². The molecule has 0 spiro atoms. The molecule has 1 aromatic heterocycles. The first-order valence-electron chi connectivity index (χ1n) is 3.53. The monoisotopic (exact) mass is 274 g/mol. The maximum Gasteiger partial charge on any atom is 0.250 e. The number of ether oxygens (including phenoxy) is 1. The maximum atomic E-state index is 5.71. The molecule has 0 aliphatic heterocycles. The summed E-state index contributed by atoms with van der Waals surface area (Å²) in [6.45, 7) is 0.288. The van der Waals surface area contributed by atoms with Gasteiger partial charge in [0.25, 0.3) is 0 Å². The number of nitrogens with zero attached hydrogens (tertiary/aromatic N) is 2. The van der Waals surface area contributed by atoms with E-state index in [1.807, 2.05) is 0 Å². The molecule has 0 aliphatic carbocycles. The van der Waals surface area contributed by atoms with Crippen LogP contribution >= 0.6 is 46.4 Å². The fourth-order valence-corrected chi connectivity index (χ4v) is 1.27. The quantitative estimate of drug-likeness (QED) is 0.615. The van der Waals surface area contributed by atoms with Crippen LogP contribution < -0.4 is 0 Å². The molecule has 1 heterocycles. The normalized spacial score (nSPS) is 11.8. The van der Waals surface area contributed by atoms with Gasteiger partial charge < -0.3 is 4.74 Å². The lowest BCUT2D eigenvalue weighted by molar-refractivity contribution is 0.181. The molecule has 14 heavy (non-hydrogen) atoms. The van der Waals surface area contributed by atoms with Gasteiger partial charge in [0.15, 0.2) is 5.82 Å². The van der Waals surface area contributed by atoms with Gasteiger partial charge in [0.1, 0.15) is 5.15 Å². The van der Waals surface area contributed by atoms with Gasteiger partial charge in [-0.1, -0.05) is 46.4 Å². The van der Waals surface area contributed by atoms with Crippen LogP contribution in [0.1, 0.15) is 11.5 Å². The molecule has 7 heteroatoms. The van der Waals surface area contributed by atoms with E-state index in [0.29, 0.717) is 5.69 Å². The lowest BCUT2D eigenvalue weighted by atomic mass is 10.4. The molecule has 0 amide bonds. The molecule has 0 saturated heterocycles. The van der Waals surface area contributed by atoms with Crippen molar-refractivity contribution < 1.29 is 4.74 Å². The minimum Gasteiger partial charge on any atom is -0.378 e. The van der Waals surface area contributed by atoms with E-state index >= 15 is 0 Å². The Bertz CT molecular complexity index is 326. The van der Waals surface area contributed by atoms with Crippen LogP contribution in [0.25, 0.3) is 0 Å². The molecular formula is C7H6Cl4N2O. The summed E-state index contributed by atoms with van der Waals surface area (Å²) in [6.07, 6.45) is 0. The van der Waals surface area contributed by atoms with Crippen molar-refractivity contribution in [2.45, 2.75) is 10.4 Å². The second-order valence-corrected chi connectivity index (χ2v) is 5.10. The van der Waals surface area contributed by atoms with E-state index in [9.17, 15) is 0 Å². The second kappa shape index (κ2) is 4.81. The third-order valence-corrected chi connectivity index (χ3v) is 1.99. The van der Waals surface area contributed by atoms with Crippen molar-refractivity contribution in [1.82, 2.24) is 9.97 Å². The number of rotatable bonds is 2. The number of methoxy groups -OCH3 is 1. The van der Waals surface area contributed by atoms with Gasteiger partial charge in [-0.05, 0) is 6.07 Å². The molecule has 0 bridgehead atoms. The molecule has 3 nitrogen and oxygen atoms in total. The Hall–Kier alpha value is 0.200. The molecular weight excluding hydrogens is 270 g/mol. The third-order valence-electron chi connectivity index (χ3n) is 1.29. The van der Waals surface area contributed by atoms with E-state index in [0.717, 1.165) is 0 Å². The van der Waals surface area contributed by atoms with Gasteiger partial charge in [-0.25, -0.2) is 9.97 Å². The predicted molar refractivity (Wildman–Crippen MR) is 57.0 cm³/mol. The number of halogens is 4. The van der Waals surface area contributed by atoms with Crippen molar-refractivity contribution in [2.75, 3.05) is 7.11 Å². The van der Waals surface area contributed by atoms with Gasteiger partial charge in [-0.3, -0.25) is 0 Å². The molecule has 1 rings (SSSR count). The van der Waals surface area contributed by atoms with Crippen molar-refractivity contribution in [3.63, 3.8) is 0 Å². The molecule has 0 aliphatic rings. The van der Waals surface area contributed by atoms with E-state index < -0.39 is 3.79 Å². The zero-order valence-corrected chi connectivity index (χ0v) is 10.1. The van der Waals surface area contributed by atoms with Gasteiger partial charge >= 0.3 is 0 Å². The first-order chi connectivity index (χ1) is 6.43. The SMILES string of the molecule is COCc1cc(Cl)nc(C(Cl)(Cl)Cl)n1. The zero-order valence-electron chi connectivity index (χ0n) is 7.10. The lowest BCUT2D eigenvalue weighted by Gasteiger charge is -2.10. The molecule has 0 aromatic carbocycles. The van der Waals surface area contributed by atoms with Crippen LogP contribution in [-0.4, -0.2) is 17.1 Å². The van der Waals surface area contributed by atoms with Gasteiger partial charge in [0, 0.05) is 7.11 Å². The van der Waals surface area contributed by atoms with E-state index in [4.69, 9.17) is 51.1 Å². The molecule has 0 saturated carbocycles. The molecule has 0 fully saturated rings. The Balaban J connectivity index is 3.07. The summed E-state index contributed by atoms with van der Waals surface area (Å²) in [5.41, 5.74) is 0.564. The van der Waals surface area contributed by atoms with E-state index in [2.05, 4.69) is 9.97 Å². The first-order valence-corrected chi connectivity index (χ1v) is 5.04. The molecule has 0 N–H and O–H groups in total. The minimum absolute atomic E-state index is 0.0436. The summed E-state index contributed by atoms with van der Waals surface area (Å²) < 4.78 is 3.20. The molecule has 0 unspecified atom stereocenters. The summed E-state index contributed by atoms with van der Waals surface area (Å²) in [7, 11) is 1.53. The highest BCUT2D eigenvalue weighted by Crippen LogP contribution is 2.36. The highest BCUT2D eigenvalue weighted by Gasteiger charge is 2.27. The molecule has 0 atom stereocenters. The Morgan fingerprint density at radius 1 is 1.36 bits per heavy atom. The summed E-state index contributed by atoms with van der Waals surface area (Å²) in [5.74, 6) is 0.0436. The number of hydrogen-bond donors (Lipinski definition) is 0. The van der Waals surface area contributed by atoms with Gasteiger partial charge in [0.05, 0.1) is 12.3 Å². The van der Waals surface area contributed by atoms with Gasteiger partial charge in [-0.2, -0.15) is 0 Å². The van der Waals surface area contributed by atoms with Crippen LogP contribution in [0.4, 0.5) is 0 Å². The largest absolute Gasteiger partial charge is 0.378 e. The van der Waals surface area contributed by atoms with Crippen LogP contribution in [-0.2, 0) is 15.1 Å². The fraction of sp³-hybridized carbons (Fsp3) is 0.429. The van der Waals surface area contributed by atoms with Crippen LogP contribution in [0.5, 0.6) is 0 Å². The number of alkyl halides is 3. The zero-order chi connectivity index (χ0) is 10.8. The van der Waals surface area contributed by atoms with Crippen molar-refractivity contribution >= 4 is 46.4 Å². The average molecular weight is 276 g/mol. The first kappa shape index (κ1) is 12.3. The standard InChI is InChI=1S/C7H6Cl4N2O/c1-14-3-4-2-5(8)13-6(12-4)7(9,10)11/h2H,3H2,1H3. The van der Waals surface area contributed by atoms with E-state index in [1.54, 1.807) is 6.07 Å². The lowest BCUT2D eigenvalue weighted by Crippen LogP contribution is -2.09. The van der Waals surface area contributed by atoms with Gasteiger partial charge in [-0.15, -0.1) is 0 Å². The van der Waals surface area contributed by atoms with Gasteiger partial charge in [0.2, 0.25) is 3.79 Å². The van der Waals surface area contributed by atoms with Crippen molar-refractivity contribution in [2.24, 2.45) is 0 Å². The molecule has 78 valence electrons. The molecule has 0 radical (unpaired) electrons. The second-order valence-electron chi connectivity index (χ2n) is 2.44. The van der Waals surface area contributed by atoms with Crippen molar-refractivity contribution in [1.29, 1.82) is 0 Å². The minimum atomic E-state index is -1.67. The van der Waals surface area contributed by atoms with Crippen LogP contribution in [0.3, 0.4) is 0 Å². The fourth-order valence-electron chi connectivity index (χ4n) is 0.813. The summed E-state index contributed by atoms with van der Waals surface area (Å²) in [4.78, 5) is 7.77. The van der Waals surface area contributed by atoms with Crippen LogP contribution in [0, 0.1) is 0 Å². The Morgan fingerprint density at radius 3 is 2.50 bits per heavy atom. The Labute approximate surface area is 101 Å². The van der Waals surface area contributed by atoms with Crippen molar-refractivity contribution in [3.8, 4) is 0 Å². The predicted octanol–water partition coefficient (Wildman–Crippen LogP) is 3.10. The topological polar surface area (TPSA) is 35.0 Å². The smallest absolute Gasteiger partial charge is 0.250 e. The van der Waals surface area contributed by atoms with E-state index in [1.165, 1.54) is 7.11 Å². The molecule has 1 aromatic rings. The third kappa shape index (κ3) is 3.41.